The second-order valence-electron chi connectivity index (χ2n) is 6.26. The van der Waals surface area contributed by atoms with Crippen LogP contribution in [-0.2, 0) is 27.4 Å². The van der Waals surface area contributed by atoms with Crippen molar-refractivity contribution in [2.75, 3.05) is 6.61 Å². The lowest BCUT2D eigenvalue weighted by molar-refractivity contribution is -0.305. The summed E-state index contributed by atoms with van der Waals surface area (Å²) in [5.41, 5.74) is 1.88. The summed E-state index contributed by atoms with van der Waals surface area (Å²) in [7, 11) is 0. The van der Waals surface area contributed by atoms with Crippen molar-refractivity contribution in [2.24, 2.45) is 0 Å². The summed E-state index contributed by atoms with van der Waals surface area (Å²) in [6.07, 6.45) is -5.06. The van der Waals surface area contributed by atoms with Gasteiger partial charge in [-0.2, -0.15) is 0 Å². The first-order valence-corrected chi connectivity index (χ1v) is 8.62. The van der Waals surface area contributed by atoms with Crippen LogP contribution in [0.2, 0.25) is 0 Å². The Labute approximate surface area is 152 Å². The minimum Gasteiger partial charge on any atom is -0.394 e. The zero-order chi connectivity index (χ0) is 18.4. The van der Waals surface area contributed by atoms with E-state index in [2.05, 4.69) is 0 Å². The lowest BCUT2D eigenvalue weighted by Gasteiger charge is -2.42. The largest absolute Gasteiger partial charge is 0.394 e. The predicted molar refractivity (Wildman–Crippen MR) is 94.0 cm³/mol. The first kappa shape index (κ1) is 19.0. The van der Waals surface area contributed by atoms with Crippen LogP contribution in [0.1, 0.15) is 11.1 Å². The lowest BCUT2D eigenvalue weighted by Crippen LogP contribution is -2.60. The van der Waals surface area contributed by atoms with Gasteiger partial charge >= 0.3 is 0 Å². The van der Waals surface area contributed by atoms with Crippen molar-refractivity contribution in [3.63, 3.8) is 0 Å². The van der Waals surface area contributed by atoms with Crippen LogP contribution in [0.3, 0.4) is 0 Å². The molecule has 140 valence electrons. The molecule has 0 aliphatic carbocycles. The van der Waals surface area contributed by atoms with E-state index in [4.69, 9.17) is 14.2 Å². The molecule has 0 bridgehead atoms. The van der Waals surface area contributed by atoms with Gasteiger partial charge in [-0.1, -0.05) is 60.7 Å². The molecule has 1 aliphatic rings. The fraction of sp³-hybridized carbons (Fsp3) is 0.400. The van der Waals surface area contributed by atoms with Crippen molar-refractivity contribution in [3.05, 3.63) is 71.8 Å². The first-order chi connectivity index (χ1) is 12.7. The molecule has 0 unspecified atom stereocenters. The van der Waals surface area contributed by atoms with Crippen LogP contribution in [0.15, 0.2) is 60.7 Å². The molecule has 1 fully saturated rings. The standard InChI is InChI=1S/C20H24O6/c21-11-16-18(24-12-14-7-3-1-4-8-14)19(17(22)20(23)26-16)25-13-15-9-5-2-6-10-15/h1-10,16-23H,11-13H2/t16-,17-,18+,19-,20+/m1/s1. The Morgan fingerprint density at radius 1 is 0.769 bits per heavy atom. The Bertz CT molecular complexity index is 606. The average Bonchev–Trinajstić information content (AvgIpc) is 2.69. The van der Waals surface area contributed by atoms with Crippen LogP contribution in [-0.4, -0.2) is 52.6 Å². The number of benzene rings is 2. The highest BCUT2D eigenvalue weighted by Gasteiger charge is 2.46. The number of hydrogen-bond acceptors (Lipinski definition) is 6. The van der Waals surface area contributed by atoms with Gasteiger partial charge in [0.2, 0.25) is 0 Å². The summed E-state index contributed by atoms with van der Waals surface area (Å²) in [6.45, 7) is 0.173. The SMILES string of the molecule is OC[C@H]1O[C@H](O)[C@H](O)[C@@H](OCc2ccccc2)[C@H]1OCc1ccccc1. The molecule has 0 aromatic heterocycles. The Morgan fingerprint density at radius 3 is 1.77 bits per heavy atom. The van der Waals surface area contributed by atoms with Crippen LogP contribution in [0, 0.1) is 0 Å². The molecule has 0 amide bonds. The second kappa shape index (κ2) is 9.23. The van der Waals surface area contributed by atoms with Crippen LogP contribution in [0.4, 0.5) is 0 Å². The highest BCUT2D eigenvalue weighted by molar-refractivity contribution is 5.14. The van der Waals surface area contributed by atoms with Crippen LogP contribution in [0.25, 0.3) is 0 Å². The fourth-order valence-corrected chi connectivity index (χ4v) is 2.98. The van der Waals surface area contributed by atoms with Gasteiger partial charge in [0, 0.05) is 0 Å². The van der Waals surface area contributed by atoms with Crippen molar-refractivity contribution in [3.8, 4) is 0 Å². The van der Waals surface area contributed by atoms with E-state index in [0.29, 0.717) is 0 Å². The number of aliphatic hydroxyl groups is 3. The first-order valence-electron chi connectivity index (χ1n) is 8.62. The van der Waals surface area contributed by atoms with E-state index in [9.17, 15) is 15.3 Å². The maximum atomic E-state index is 10.3. The second-order valence-corrected chi connectivity index (χ2v) is 6.26. The van der Waals surface area contributed by atoms with Crippen molar-refractivity contribution >= 4 is 0 Å². The normalized spacial score (nSPS) is 28.8. The van der Waals surface area contributed by atoms with Gasteiger partial charge in [-0.15, -0.1) is 0 Å². The summed E-state index contributed by atoms with van der Waals surface area (Å²) in [5, 5.41) is 29.9. The van der Waals surface area contributed by atoms with E-state index >= 15 is 0 Å². The molecule has 5 atom stereocenters. The van der Waals surface area contributed by atoms with Gasteiger partial charge < -0.3 is 29.5 Å². The average molecular weight is 360 g/mol. The van der Waals surface area contributed by atoms with Gasteiger partial charge in [0.25, 0.3) is 0 Å². The van der Waals surface area contributed by atoms with E-state index < -0.39 is 30.7 Å². The van der Waals surface area contributed by atoms with E-state index in [1.54, 1.807) is 0 Å². The molecule has 0 saturated carbocycles. The quantitative estimate of drug-likeness (QED) is 0.688. The molecule has 6 nitrogen and oxygen atoms in total. The molecule has 1 aliphatic heterocycles. The van der Waals surface area contributed by atoms with Gasteiger partial charge in [0.15, 0.2) is 6.29 Å². The topological polar surface area (TPSA) is 88.4 Å². The predicted octanol–water partition coefficient (Wildman–Crippen LogP) is 1.23. The lowest BCUT2D eigenvalue weighted by atomic mass is 9.98. The highest BCUT2D eigenvalue weighted by atomic mass is 16.7. The van der Waals surface area contributed by atoms with E-state index in [1.807, 2.05) is 60.7 Å². The van der Waals surface area contributed by atoms with Gasteiger partial charge in [-0.05, 0) is 11.1 Å². The van der Waals surface area contributed by atoms with Crippen LogP contribution >= 0.6 is 0 Å². The minimum atomic E-state index is -1.44. The summed E-state index contributed by atoms with van der Waals surface area (Å²) >= 11 is 0. The maximum Gasteiger partial charge on any atom is 0.184 e. The van der Waals surface area contributed by atoms with E-state index in [-0.39, 0.29) is 19.8 Å². The summed E-state index contributed by atoms with van der Waals surface area (Å²) < 4.78 is 17.1. The molecule has 2 aromatic carbocycles. The maximum absolute atomic E-state index is 10.3. The zero-order valence-electron chi connectivity index (χ0n) is 14.3. The highest BCUT2D eigenvalue weighted by Crippen LogP contribution is 2.26. The molecule has 1 heterocycles. The van der Waals surface area contributed by atoms with Crippen LogP contribution in [0.5, 0.6) is 0 Å². The number of rotatable bonds is 7. The molecular formula is C20H24O6. The molecule has 0 spiro atoms. The molecule has 0 radical (unpaired) electrons. The third-order valence-electron chi connectivity index (χ3n) is 4.38. The number of aliphatic hydroxyl groups excluding tert-OH is 3. The van der Waals surface area contributed by atoms with Crippen LogP contribution < -0.4 is 0 Å². The Morgan fingerprint density at radius 2 is 1.27 bits per heavy atom. The minimum absolute atomic E-state index is 0.249. The van der Waals surface area contributed by atoms with Gasteiger partial charge in [0.05, 0.1) is 19.8 Å². The smallest absolute Gasteiger partial charge is 0.184 e. The third-order valence-corrected chi connectivity index (χ3v) is 4.38. The van der Waals surface area contributed by atoms with Gasteiger partial charge in [-0.25, -0.2) is 0 Å². The van der Waals surface area contributed by atoms with Crippen molar-refractivity contribution in [1.29, 1.82) is 0 Å². The fourth-order valence-electron chi connectivity index (χ4n) is 2.98. The Balaban J connectivity index is 1.71. The zero-order valence-corrected chi connectivity index (χ0v) is 14.3. The van der Waals surface area contributed by atoms with Crippen molar-refractivity contribution < 1.29 is 29.5 Å². The van der Waals surface area contributed by atoms with Crippen molar-refractivity contribution in [1.82, 2.24) is 0 Å². The summed E-state index contributed by atoms with van der Waals surface area (Å²) in [5.74, 6) is 0. The Kier molecular flexibility index (Phi) is 6.73. The van der Waals surface area contributed by atoms with E-state index in [1.165, 1.54) is 0 Å². The molecule has 2 aromatic rings. The number of ether oxygens (including phenoxy) is 3. The van der Waals surface area contributed by atoms with Gasteiger partial charge in [0.1, 0.15) is 24.4 Å². The number of hydrogen-bond donors (Lipinski definition) is 3. The van der Waals surface area contributed by atoms with Gasteiger partial charge in [-0.3, -0.25) is 0 Å². The van der Waals surface area contributed by atoms with E-state index in [0.717, 1.165) is 11.1 Å². The molecule has 3 rings (SSSR count). The Hall–Kier alpha value is -1.80. The summed E-state index contributed by atoms with van der Waals surface area (Å²) in [6, 6.07) is 19.1. The molecular weight excluding hydrogens is 336 g/mol. The third kappa shape index (κ3) is 4.67. The molecule has 1 saturated heterocycles. The molecule has 26 heavy (non-hydrogen) atoms. The summed E-state index contributed by atoms with van der Waals surface area (Å²) in [4.78, 5) is 0. The molecule has 6 heteroatoms. The molecule has 3 N–H and O–H groups in total. The monoisotopic (exact) mass is 360 g/mol. The van der Waals surface area contributed by atoms with Crippen molar-refractivity contribution in [2.45, 2.75) is 43.9 Å².